The lowest BCUT2D eigenvalue weighted by Gasteiger charge is -2.31. The van der Waals surface area contributed by atoms with E-state index in [0.29, 0.717) is 23.0 Å². The van der Waals surface area contributed by atoms with E-state index in [1.165, 1.54) is 0 Å². The van der Waals surface area contributed by atoms with Crippen molar-refractivity contribution in [1.29, 1.82) is 0 Å². The van der Waals surface area contributed by atoms with Crippen LogP contribution in [-0.2, 0) is 4.74 Å². The highest BCUT2D eigenvalue weighted by Crippen LogP contribution is 2.42. The summed E-state index contributed by atoms with van der Waals surface area (Å²) in [7, 11) is 0. The Morgan fingerprint density at radius 2 is 2.04 bits per heavy atom. The quantitative estimate of drug-likeness (QED) is 0.860. The summed E-state index contributed by atoms with van der Waals surface area (Å²) in [6, 6.07) is 9.08. The minimum absolute atomic E-state index is 0.228. The lowest BCUT2D eigenvalue weighted by Crippen LogP contribution is -2.45. The maximum Gasteiger partial charge on any atom is 0.415 e. The van der Waals surface area contributed by atoms with E-state index in [4.69, 9.17) is 9.47 Å². The summed E-state index contributed by atoms with van der Waals surface area (Å²) >= 11 is 0. The van der Waals surface area contributed by atoms with Crippen LogP contribution in [0.2, 0.25) is 0 Å². The monoisotopic (exact) mass is 368 g/mol. The second kappa shape index (κ2) is 6.21. The van der Waals surface area contributed by atoms with E-state index in [0.717, 1.165) is 24.0 Å². The van der Waals surface area contributed by atoms with Crippen molar-refractivity contribution in [2.75, 3.05) is 18.1 Å². The summed E-state index contributed by atoms with van der Waals surface area (Å²) in [6.07, 6.45) is 2.35. The molecule has 27 heavy (non-hydrogen) atoms. The summed E-state index contributed by atoms with van der Waals surface area (Å²) in [5.74, 6) is 0.942. The highest BCUT2D eigenvalue weighted by atomic mass is 16.6. The van der Waals surface area contributed by atoms with Gasteiger partial charge in [0.15, 0.2) is 6.10 Å². The van der Waals surface area contributed by atoms with Crippen LogP contribution in [-0.4, -0.2) is 46.6 Å². The largest absolute Gasteiger partial charge is 0.489 e. The molecule has 1 saturated heterocycles. The Labute approximate surface area is 156 Å². The third-order valence-electron chi connectivity index (χ3n) is 5.51. The maximum absolute atomic E-state index is 12.2. The molecule has 2 fully saturated rings. The molecule has 1 aromatic carbocycles. The molecule has 5 rings (SSSR count). The lowest BCUT2D eigenvalue weighted by molar-refractivity contribution is 0.0734. The number of amides is 1. The fourth-order valence-electron chi connectivity index (χ4n) is 3.77. The summed E-state index contributed by atoms with van der Waals surface area (Å²) < 4.78 is 11.0. The first kappa shape index (κ1) is 16.5. The fraction of sp³-hybridized carbons (Fsp3) is 0.400. The molecular weight excluding hydrogens is 348 g/mol. The molecule has 1 aliphatic carbocycles. The molecule has 3 atom stereocenters. The molecule has 1 aromatic heterocycles. The van der Waals surface area contributed by atoms with E-state index >= 15 is 0 Å². The number of aromatic nitrogens is 1. The minimum atomic E-state index is -0.569. The number of anilines is 1. The third-order valence-corrected chi connectivity index (χ3v) is 5.51. The second-order valence-corrected chi connectivity index (χ2v) is 7.29. The molecule has 7 heteroatoms. The second-order valence-electron chi connectivity index (χ2n) is 7.29. The molecule has 0 bridgehead atoms. The van der Waals surface area contributed by atoms with E-state index in [1.807, 2.05) is 30.3 Å². The van der Waals surface area contributed by atoms with Gasteiger partial charge in [0.1, 0.15) is 18.4 Å². The molecule has 2 aromatic rings. The normalized spacial score (nSPS) is 24.7. The Morgan fingerprint density at radius 3 is 2.74 bits per heavy atom. The van der Waals surface area contributed by atoms with Gasteiger partial charge >= 0.3 is 6.09 Å². The van der Waals surface area contributed by atoms with Crippen LogP contribution in [0.4, 0.5) is 10.5 Å². The molecule has 0 radical (unpaired) electrons. The molecule has 2 aliphatic heterocycles. The van der Waals surface area contributed by atoms with Gasteiger partial charge in [-0.25, -0.2) is 4.79 Å². The van der Waals surface area contributed by atoms with Gasteiger partial charge in [0.05, 0.1) is 24.1 Å². The molecule has 0 spiro atoms. The number of aliphatic hydroxyl groups excluding tert-OH is 2. The van der Waals surface area contributed by atoms with Crippen molar-refractivity contribution in [3.63, 3.8) is 0 Å². The topological polar surface area (TPSA) is 92.1 Å². The van der Waals surface area contributed by atoms with Gasteiger partial charge in [-0.3, -0.25) is 9.88 Å². The number of hydrogen-bond donors (Lipinski definition) is 2. The summed E-state index contributed by atoms with van der Waals surface area (Å²) in [5, 5.41) is 19.6. The number of carbonyl (C=O) groups is 1. The summed E-state index contributed by atoms with van der Waals surface area (Å²) in [6.45, 7) is 0.0482. The van der Waals surface area contributed by atoms with Crippen molar-refractivity contribution in [1.82, 2.24) is 4.98 Å². The van der Waals surface area contributed by atoms with Crippen molar-refractivity contribution in [3.8, 4) is 16.9 Å². The van der Waals surface area contributed by atoms with Gasteiger partial charge in [0.25, 0.3) is 0 Å². The van der Waals surface area contributed by atoms with Gasteiger partial charge in [0.2, 0.25) is 0 Å². The van der Waals surface area contributed by atoms with Gasteiger partial charge in [-0.1, -0.05) is 12.1 Å². The molecule has 1 unspecified atom stereocenters. The van der Waals surface area contributed by atoms with Crippen molar-refractivity contribution >= 4 is 11.8 Å². The molecule has 1 saturated carbocycles. The average Bonchev–Trinajstić information content (AvgIpc) is 3.50. The maximum atomic E-state index is 12.2. The number of rotatable bonds is 4. The number of cyclic esters (lactones) is 1. The van der Waals surface area contributed by atoms with E-state index in [9.17, 15) is 15.0 Å². The SMILES string of the molecule is O=C1O[C@@H](CO)[C@@H]2COc3cc(-c4ccc(C(O)C5CC5)nc4)ccc3N12. The summed E-state index contributed by atoms with van der Waals surface area (Å²) in [4.78, 5) is 18.1. The Bertz CT molecular complexity index is 880. The molecule has 2 N–H and O–H groups in total. The third kappa shape index (κ3) is 2.74. The van der Waals surface area contributed by atoms with Crippen LogP contribution >= 0.6 is 0 Å². The minimum Gasteiger partial charge on any atom is -0.489 e. The standard InChI is InChI=1S/C20H20N2O5/c23-9-18-16-10-26-17-7-12(4-6-15(17)22(16)20(25)27-18)13-3-5-14(21-8-13)19(24)11-1-2-11/h3-8,11,16,18-19,23-24H,1-2,9-10H2/t16-,18-,19?/m0/s1. The number of carbonyl (C=O) groups excluding carboxylic acids is 1. The number of benzene rings is 1. The Hall–Kier alpha value is -2.64. The van der Waals surface area contributed by atoms with Crippen LogP contribution in [0.5, 0.6) is 5.75 Å². The zero-order valence-corrected chi connectivity index (χ0v) is 14.6. The van der Waals surface area contributed by atoms with Crippen molar-refractivity contribution in [2.45, 2.75) is 31.1 Å². The highest BCUT2D eigenvalue weighted by Gasteiger charge is 2.46. The number of nitrogens with zero attached hydrogens (tertiary/aromatic N) is 2. The number of ether oxygens (including phenoxy) is 2. The van der Waals surface area contributed by atoms with Crippen molar-refractivity contribution in [3.05, 3.63) is 42.2 Å². The Kier molecular flexibility index (Phi) is 3.80. The molecule has 1 amide bonds. The first-order valence-corrected chi connectivity index (χ1v) is 9.17. The van der Waals surface area contributed by atoms with Crippen LogP contribution in [0.25, 0.3) is 11.1 Å². The van der Waals surface area contributed by atoms with Crippen molar-refractivity contribution in [2.24, 2.45) is 5.92 Å². The fourth-order valence-corrected chi connectivity index (χ4v) is 3.77. The van der Waals surface area contributed by atoms with Gasteiger partial charge in [-0.2, -0.15) is 0 Å². The van der Waals surface area contributed by atoms with Gasteiger partial charge < -0.3 is 19.7 Å². The molecular formula is C20H20N2O5. The average molecular weight is 368 g/mol. The first-order chi connectivity index (χ1) is 13.2. The van der Waals surface area contributed by atoms with Gasteiger partial charge in [-0.05, 0) is 42.5 Å². The Balaban J connectivity index is 1.42. The van der Waals surface area contributed by atoms with Crippen LogP contribution in [0.3, 0.4) is 0 Å². The first-order valence-electron chi connectivity index (χ1n) is 9.17. The molecule has 7 nitrogen and oxygen atoms in total. The number of fused-ring (bicyclic) bond motifs is 3. The zero-order chi connectivity index (χ0) is 18.5. The number of pyridine rings is 1. The summed E-state index contributed by atoms with van der Waals surface area (Å²) in [5.41, 5.74) is 3.17. The molecule has 3 heterocycles. The van der Waals surface area contributed by atoms with Crippen LogP contribution in [0.15, 0.2) is 36.5 Å². The van der Waals surface area contributed by atoms with E-state index in [2.05, 4.69) is 4.98 Å². The predicted octanol–water partition coefficient (Wildman–Crippen LogP) is 2.27. The Morgan fingerprint density at radius 1 is 1.22 bits per heavy atom. The number of hydrogen-bond acceptors (Lipinski definition) is 6. The zero-order valence-electron chi connectivity index (χ0n) is 14.6. The van der Waals surface area contributed by atoms with E-state index in [1.54, 1.807) is 11.1 Å². The number of aliphatic hydroxyl groups is 2. The smallest absolute Gasteiger partial charge is 0.415 e. The van der Waals surface area contributed by atoms with Crippen LogP contribution < -0.4 is 9.64 Å². The lowest BCUT2D eigenvalue weighted by atomic mass is 10.0. The molecule has 140 valence electrons. The highest BCUT2D eigenvalue weighted by molar-refractivity contribution is 5.94. The van der Waals surface area contributed by atoms with Gasteiger partial charge in [-0.15, -0.1) is 0 Å². The van der Waals surface area contributed by atoms with Crippen molar-refractivity contribution < 1.29 is 24.5 Å². The van der Waals surface area contributed by atoms with Gasteiger partial charge in [0, 0.05) is 11.8 Å². The van der Waals surface area contributed by atoms with Crippen LogP contribution in [0.1, 0.15) is 24.6 Å². The van der Waals surface area contributed by atoms with E-state index in [-0.39, 0.29) is 19.3 Å². The van der Waals surface area contributed by atoms with E-state index < -0.39 is 18.3 Å². The molecule has 3 aliphatic rings. The predicted molar refractivity (Wildman–Crippen MR) is 96.5 cm³/mol. The van der Waals surface area contributed by atoms with Crippen LogP contribution in [0, 0.1) is 5.92 Å².